The van der Waals surface area contributed by atoms with Crippen LogP contribution in [0.5, 0.6) is 5.88 Å². The molecule has 0 unspecified atom stereocenters. The van der Waals surface area contributed by atoms with Gasteiger partial charge < -0.3 is 4.74 Å². The highest BCUT2D eigenvalue weighted by atomic mass is 19.1. The molecule has 0 aliphatic carbocycles. The summed E-state index contributed by atoms with van der Waals surface area (Å²) in [4.78, 5) is 19.7. The number of hydrogen-bond donors (Lipinski definition) is 0. The Morgan fingerprint density at radius 1 is 1.33 bits per heavy atom. The first kappa shape index (κ1) is 12.2. The number of hydrogen-bond acceptors (Lipinski definition) is 4. The van der Waals surface area contributed by atoms with Crippen molar-refractivity contribution in [2.75, 3.05) is 6.61 Å². The molecule has 5 heteroatoms. The van der Waals surface area contributed by atoms with Gasteiger partial charge >= 0.3 is 0 Å². The van der Waals surface area contributed by atoms with Gasteiger partial charge in [0.1, 0.15) is 17.8 Å². The molecule has 0 spiro atoms. The molecule has 0 saturated heterocycles. The molecule has 0 radical (unpaired) electrons. The summed E-state index contributed by atoms with van der Waals surface area (Å²) < 4.78 is 18.6. The second-order valence-electron chi connectivity index (χ2n) is 3.48. The van der Waals surface area contributed by atoms with Crippen molar-refractivity contribution in [3.05, 3.63) is 53.7 Å². The van der Waals surface area contributed by atoms with Crippen molar-refractivity contribution in [1.82, 2.24) is 9.97 Å². The van der Waals surface area contributed by atoms with E-state index in [1.165, 1.54) is 30.6 Å². The number of halogens is 1. The molecule has 0 amide bonds. The zero-order chi connectivity index (χ0) is 13.0. The summed E-state index contributed by atoms with van der Waals surface area (Å²) in [5.74, 6) is -0.761. The molecule has 0 bridgehead atoms. The monoisotopic (exact) mass is 246 g/mol. The van der Waals surface area contributed by atoms with E-state index in [2.05, 4.69) is 9.97 Å². The largest absolute Gasteiger partial charge is 0.478 e. The number of carbonyl (C=O) groups is 1. The minimum Gasteiger partial charge on any atom is -0.478 e. The van der Waals surface area contributed by atoms with Gasteiger partial charge in [-0.25, -0.2) is 14.4 Å². The molecule has 0 aliphatic heterocycles. The van der Waals surface area contributed by atoms with Crippen LogP contribution in [0.3, 0.4) is 0 Å². The number of ketones is 1. The van der Waals surface area contributed by atoms with Crippen LogP contribution in [0.2, 0.25) is 0 Å². The third-order valence-electron chi connectivity index (χ3n) is 2.29. The van der Waals surface area contributed by atoms with Crippen molar-refractivity contribution in [2.45, 2.75) is 6.92 Å². The third-order valence-corrected chi connectivity index (χ3v) is 2.29. The molecule has 0 saturated carbocycles. The van der Waals surface area contributed by atoms with E-state index in [1.54, 1.807) is 13.0 Å². The van der Waals surface area contributed by atoms with Crippen LogP contribution in [0.15, 0.2) is 36.7 Å². The van der Waals surface area contributed by atoms with E-state index in [-0.39, 0.29) is 11.3 Å². The highest BCUT2D eigenvalue weighted by molar-refractivity contribution is 6.07. The van der Waals surface area contributed by atoms with Crippen LogP contribution in [0.1, 0.15) is 23.0 Å². The van der Waals surface area contributed by atoms with E-state index in [4.69, 9.17) is 4.74 Å². The van der Waals surface area contributed by atoms with E-state index in [0.717, 1.165) is 0 Å². The van der Waals surface area contributed by atoms with Gasteiger partial charge in [0, 0.05) is 6.07 Å². The number of carbonyl (C=O) groups excluding carboxylic acids is 1. The summed E-state index contributed by atoms with van der Waals surface area (Å²) in [6.07, 6.45) is 1.22. The average Bonchev–Trinajstić information content (AvgIpc) is 2.39. The molecular formula is C13H11FN2O2. The highest BCUT2D eigenvalue weighted by Gasteiger charge is 2.15. The lowest BCUT2D eigenvalue weighted by atomic mass is 10.1. The normalized spacial score (nSPS) is 10.1. The second-order valence-corrected chi connectivity index (χ2v) is 3.48. The van der Waals surface area contributed by atoms with Gasteiger partial charge in [-0.3, -0.25) is 4.79 Å². The summed E-state index contributed by atoms with van der Waals surface area (Å²) in [5, 5.41) is 0. The van der Waals surface area contributed by atoms with Crippen molar-refractivity contribution in [3.63, 3.8) is 0 Å². The Morgan fingerprint density at radius 3 is 2.83 bits per heavy atom. The van der Waals surface area contributed by atoms with Gasteiger partial charge in [0.15, 0.2) is 0 Å². The van der Waals surface area contributed by atoms with Gasteiger partial charge in [-0.05, 0) is 19.1 Å². The van der Waals surface area contributed by atoms with Crippen molar-refractivity contribution in [1.29, 1.82) is 0 Å². The minimum atomic E-state index is -0.570. The fourth-order valence-electron chi connectivity index (χ4n) is 1.47. The predicted octanol–water partition coefficient (Wildman–Crippen LogP) is 2.25. The molecule has 1 aromatic heterocycles. The molecule has 18 heavy (non-hydrogen) atoms. The topological polar surface area (TPSA) is 52.1 Å². The van der Waals surface area contributed by atoms with E-state index in [0.29, 0.717) is 12.5 Å². The van der Waals surface area contributed by atoms with E-state index >= 15 is 0 Å². The summed E-state index contributed by atoms with van der Waals surface area (Å²) in [6.45, 7) is 2.24. The van der Waals surface area contributed by atoms with Gasteiger partial charge in [0.05, 0.1) is 12.2 Å². The average molecular weight is 246 g/mol. The zero-order valence-electron chi connectivity index (χ0n) is 9.76. The van der Waals surface area contributed by atoms with Crippen LogP contribution in [0, 0.1) is 5.82 Å². The zero-order valence-corrected chi connectivity index (χ0v) is 9.76. The SMILES string of the molecule is CCOc1cc(C(=O)c2ccccc2F)ncn1. The standard InChI is InChI=1S/C13H11FN2O2/c1-2-18-12-7-11(15-8-16-12)13(17)9-5-3-4-6-10(9)14/h3-8H,2H2,1H3. The van der Waals surface area contributed by atoms with Gasteiger partial charge in [0.2, 0.25) is 11.7 Å². The van der Waals surface area contributed by atoms with Crippen molar-refractivity contribution >= 4 is 5.78 Å². The Hall–Kier alpha value is -2.30. The fraction of sp³-hybridized carbons (Fsp3) is 0.154. The van der Waals surface area contributed by atoms with Crippen molar-refractivity contribution in [3.8, 4) is 5.88 Å². The molecular weight excluding hydrogens is 235 g/mol. The van der Waals surface area contributed by atoms with Gasteiger partial charge in [-0.15, -0.1) is 0 Å². The smallest absolute Gasteiger partial charge is 0.217 e. The molecule has 92 valence electrons. The molecule has 0 fully saturated rings. The van der Waals surface area contributed by atoms with Crippen LogP contribution in [-0.2, 0) is 0 Å². The van der Waals surface area contributed by atoms with Crippen molar-refractivity contribution < 1.29 is 13.9 Å². The summed E-state index contributed by atoms with van der Waals surface area (Å²) in [7, 11) is 0. The molecule has 2 rings (SSSR count). The molecule has 4 nitrogen and oxygen atoms in total. The molecule has 0 N–H and O–H groups in total. The van der Waals surface area contributed by atoms with E-state index in [1.807, 2.05) is 0 Å². The predicted molar refractivity (Wildman–Crippen MR) is 63.0 cm³/mol. The van der Waals surface area contributed by atoms with E-state index in [9.17, 15) is 9.18 Å². The summed E-state index contributed by atoms with van der Waals surface area (Å²) in [6, 6.07) is 7.18. The number of rotatable bonds is 4. The molecule has 0 atom stereocenters. The lowest BCUT2D eigenvalue weighted by Crippen LogP contribution is -2.07. The van der Waals surface area contributed by atoms with Crippen LogP contribution >= 0.6 is 0 Å². The first-order chi connectivity index (χ1) is 8.72. The number of nitrogens with zero attached hydrogens (tertiary/aromatic N) is 2. The van der Waals surface area contributed by atoms with Gasteiger partial charge in [-0.2, -0.15) is 0 Å². The maximum Gasteiger partial charge on any atom is 0.217 e. The van der Waals surface area contributed by atoms with Gasteiger partial charge in [0.25, 0.3) is 0 Å². The Labute approximate surface area is 103 Å². The lowest BCUT2D eigenvalue weighted by Gasteiger charge is -2.04. The summed E-state index contributed by atoms with van der Waals surface area (Å²) in [5.41, 5.74) is 0.0946. The Bertz CT molecular complexity index is 572. The summed E-state index contributed by atoms with van der Waals surface area (Å²) >= 11 is 0. The van der Waals surface area contributed by atoms with Crippen LogP contribution in [0.4, 0.5) is 4.39 Å². The number of benzene rings is 1. The first-order valence-corrected chi connectivity index (χ1v) is 5.46. The molecule has 2 aromatic rings. The quantitative estimate of drug-likeness (QED) is 0.776. The Balaban J connectivity index is 2.34. The maximum atomic E-state index is 13.5. The van der Waals surface area contributed by atoms with Gasteiger partial charge in [-0.1, -0.05) is 12.1 Å². The van der Waals surface area contributed by atoms with Crippen LogP contribution in [0.25, 0.3) is 0 Å². The third kappa shape index (κ3) is 2.51. The minimum absolute atomic E-state index is 0.0151. The van der Waals surface area contributed by atoms with Crippen LogP contribution in [-0.4, -0.2) is 22.4 Å². The maximum absolute atomic E-state index is 13.5. The molecule has 0 aliphatic rings. The Kier molecular flexibility index (Phi) is 3.62. The fourth-order valence-corrected chi connectivity index (χ4v) is 1.47. The molecule has 1 heterocycles. The Morgan fingerprint density at radius 2 is 2.11 bits per heavy atom. The first-order valence-electron chi connectivity index (χ1n) is 5.46. The molecule has 1 aromatic carbocycles. The van der Waals surface area contributed by atoms with Crippen molar-refractivity contribution in [2.24, 2.45) is 0 Å². The number of ether oxygens (including phenoxy) is 1. The second kappa shape index (κ2) is 5.35. The van der Waals surface area contributed by atoms with E-state index < -0.39 is 11.6 Å². The highest BCUT2D eigenvalue weighted by Crippen LogP contribution is 2.14. The lowest BCUT2D eigenvalue weighted by molar-refractivity contribution is 0.103. The number of aromatic nitrogens is 2. The van der Waals surface area contributed by atoms with Crippen LogP contribution < -0.4 is 4.74 Å².